The normalized spacial score (nSPS) is 16.0. The summed E-state index contributed by atoms with van der Waals surface area (Å²) < 4.78 is 1.72. The maximum absolute atomic E-state index is 13.0. The average Bonchev–Trinajstić information content (AvgIpc) is 3.24. The van der Waals surface area contributed by atoms with E-state index in [1.807, 2.05) is 39.0 Å². The van der Waals surface area contributed by atoms with E-state index in [0.29, 0.717) is 34.3 Å². The molecular formula is C24H30N6O3S. The monoisotopic (exact) mass is 482 g/mol. The van der Waals surface area contributed by atoms with E-state index in [-0.39, 0.29) is 29.8 Å². The van der Waals surface area contributed by atoms with E-state index in [9.17, 15) is 14.4 Å². The number of aryl methyl sites for hydroxylation is 2. The minimum atomic E-state index is -0.296. The van der Waals surface area contributed by atoms with Crippen LogP contribution in [-0.2, 0) is 16.1 Å². The van der Waals surface area contributed by atoms with E-state index in [1.165, 1.54) is 22.2 Å². The van der Waals surface area contributed by atoms with Gasteiger partial charge in [-0.15, -0.1) is 0 Å². The molecule has 34 heavy (non-hydrogen) atoms. The van der Waals surface area contributed by atoms with E-state index in [0.717, 1.165) is 36.9 Å². The van der Waals surface area contributed by atoms with Crippen molar-refractivity contribution in [3.8, 4) is 0 Å². The first-order valence-corrected chi connectivity index (χ1v) is 12.4. The number of amides is 2. The highest BCUT2D eigenvalue weighted by Gasteiger charge is 2.27. The van der Waals surface area contributed by atoms with Gasteiger partial charge in [0.05, 0.1) is 5.92 Å². The van der Waals surface area contributed by atoms with Gasteiger partial charge in [0.15, 0.2) is 10.8 Å². The van der Waals surface area contributed by atoms with Crippen LogP contribution in [0.2, 0.25) is 0 Å². The van der Waals surface area contributed by atoms with Crippen molar-refractivity contribution in [3.05, 3.63) is 46.0 Å². The third kappa shape index (κ3) is 5.44. The molecule has 2 N–H and O–H groups in total. The van der Waals surface area contributed by atoms with Gasteiger partial charge < -0.3 is 15.5 Å². The molecule has 1 aromatic carbocycles. The second-order valence-corrected chi connectivity index (χ2v) is 9.81. The first-order valence-electron chi connectivity index (χ1n) is 11.6. The van der Waals surface area contributed by atoms with Crippen molar-refractivity contribution in [2.45, 2.75) is 46.6 Å². The minimum absolute atomic E-state index is 0.0722. The van der Waals surface area contributed by atoms with E-state index < -0.39 is 0 Å². The average molecular weight is 483 g/mol. The van der Waals surface area contributed by atoms with Crippen molar-refractivity contribution in [1.29, 1.82) is 0 Å². The number of nitrogens with one attached hydrogen (secondary N) is 2. The highest BCUT2D eigenvalue weighted by Crippen LogP contribution is 2.29. The van der Waals surface area contributed by atoms with Crippen molar-refractivity contribution < 1.29 is 9.59 Å². The van der Waals surface area contributed by atoms with Crippen molar-refractivity contribution >= 4 is 44.3 Å². The van der Waals surface area contributed by atoms with Gasteiger partial charge in [0.1, 0.15) is 17.6 Å². The third-order valence-electron chi connectivity index (χ3n) is 5.80. The Hall–Kier alpha value is -3.27. The Labute approximate surface area is 202 Å². The Morgan fingerprint density at radius 3 is 2.71 bits per heavy atom. The van der Waals surface area contributed by atoms with Crippen LogP contribution in [0, 0.1) is 19.8 Å². The summed E-state index contributed by atoms with van der Waals surface area (Å²) in [5.74, 6) is -0.316. The van der Waals surface area contributed by atoms with Crippen molar-refractivity contribution in [2.24, 2.45) is 5.92 Å². The van der Waals surface area contributed by atoms with Gasteiger partial charge in [0.2, 0.25) is 11.8 Å². The van der Waals surface area contributed by atoms with E-state index in [4.69, 9.17) is 0 Å². The molecule has 3 aromatic rings. The Kier molecular flexibility index (Phi) is 7.26. The molecule has 0 bridgehead atoms. The molecule has 2 amide bonds. The molecule has 9 nitrogen and oxygen atoms in total. The number of rotatable bonds is 7. The number of fused-ring (bicyclic) bond motifs is 1. The fourth-order valence-electron chi connectivity index (χ4n) is 4.24. The molecule has 1 fully saturated rings. The predicted molar refractivity (Wildman–Crippen MR) is 134 cm³/mol. The number of carbonyl (C=O) groups excluding carboxylic acids is 2. The SMILES string of the molecule is CCCNC(=O)C1CCCN(c2nc3ncn(CC(=O)Nc4cc(C)cc(C)c4)c(=O)c3s2)C1. The minimum Gasteiger partial charge on any atom is -0.356 e. The van der Waals surface area contributed by atoms with Crippen LogP contribution in [0.3, 0.4) is 0 Å². The lowest BCUT2D eigenvalue weighted by molar-refractivity contribution is -0.125. The van der Waals surface area contributed by atoms with Crippen LogP contribution in [0.5, 0.6) is 0 Å². The summed E-state index contributed by atoms with van der Waals surface area (Å²) in [5, 5.41) is 6.51. The summed E-state index contributed by atoms with van der Waals surface area (Å²) >= 11 is 1.27. The van der Waals surface area contributed by atoms with Gasteiger partial charge in [0, 0.05) is 25.3 Å². The van der Waals surface area contributed by atoms with Crippen LogP contribution in [0.15, 0.2) is 29.3 Å². The zero-order valence-electron chi connectivity index (χ0n) is 19.8. The number of aromatic nitrogens is 3. The van der Waals surface area contributed by atoms with Gasteiger partial charge in [0.25, 0.3) is 5.56 Å². The first kappa shape index (κ1) is 23.9. The maximum atomic E-state index is 13.0. The second-order valence-electron chi connectivity index (χ2n) is 8.83. The highest BCUT2D eigenvalue weighted by molar-refractivity contribution is 7.22. The number of piperidine rings is 1. The zero-order chi connectivity index (χ0) is 24.2. The molecule has 0 radical (unpaired) electrons. The predicted octanol–water partition coefficient (Wildman–Crippen LogP) is 2.85. The third-order valence-corrected chi connectivity index (χ3v) is 6.90. The summed E-state index contributed by atoms with van der Waals surface area (Å²) in [6.45, 7) is 7.86. The summed E-state index contributed by atoms with van der Waals surface area (Å²) in [5.41, 5.74) is 2.88. The van der Waals surface area contributed by atoms with Gasteiger partial charge in [-0.2, -0.15) is 4.98 Å². The topological polar surface area (TPSA) is 109 Å². The molecule has 10 heteroatoms. The molecule has 3 heterocycles. The van der Waals surface area contributed by atoms with Crippen LogP contribution >= 0.6 is 11.3 Å². The van der Waals surface area contributed by atoms with Crippen molar-refractivity contribution in [3.63, 3.8) is 0 Å². The summed E-state index contributed by atoms with van der Waals surface area (Å²) in [6.07, 6.45) is 4.00. The van der Waals surface area contributed by atoms with E-state index >= 15 is 0 Å². The molecule has 4 rings (SSSR count). The molecular weight excluding hydrogens is 452 g/mol. The smallest absolute Gasteiger partial charge is 0.273 e. The summed E-state index contributed by atoms with van der Waals surface area (Å²) in [6, 6.07) is 5.81. The lowest BCUT2D eigenvalue weighted by Crippen LogP contribution is -2.43. The van der Waals surface area contributed by atoms with Crippen molar-refractivity contribution in [1.82, 2.24) is 19.9 Å². The highest BCUT2D eigenvalue weighted by atomic mass is 32.1. The molecule has 0 saturated carbocycles. The van der Waals surface area contributed by atoms with Gasteiger partial charge in [-0.1, -0.05) is 24.3 Å². The molecule has 1 atom stereocenters. The fourth-order valence-corrected chi connectivity index (χ4v) is 5.25. The number of anilines is 2. The molecule has 0 aliphatic carbocycles. The largest absolute Gasteiger partial charge is 0.356 e. The molecule has 1 aliphatic heterocycles. The van der Waals surface area contributed by atoms with E-state index in [1.54, 1.807) is 0 Å². The van der Waals surface area contributed by atoms with Gasteiger partial charge in [-0.05, 0) is 56.4 Å². The van der Waals surface area contributed by atoms with Gasteiger partial charge in [-0.3, -0.25) is 19.0 Å². The number of thiazole rings is 1. The number of carbonyl (C=O) groups is 2. The van der Waals surface area contributed by atoms with Crippen LogP contribution in [0.1, 0.15) is 37.3 Å². The Bertz CT molecular complexity index is 1250. The van der Waals surface area contributed by atoms with Crippen LogP contribution in [-0.4, -0.2) is 46.0 Å². The number of hydrogen-bond donors (Lipinski definition) is 2. The fraction of sp³-hybridized carbons (Fsp3) is 0.458. The maximum Gasteiger partial charge on any atom is 0.273 e. The van der Waals surface area contributed by atoms with Gasteiger partial charge in [-0.25, -0.2) is 4.98 Å². The number of benzene rings is 1. The molecule has 0 spiro atoms. The summed E-state index contributed by atoms with van der Waals surface area (Å²) in [7, 11) is 0. The second kappa shape index (κ2) is 10.3. The molecule has 1 unspecified atom stereocenters. The molecule has 180 valence electrons. The molecule has 1 saturated heterocycles. The quantitative estimate of drug-likeness (QED) is 0.536. The van der Waals surface area contributed by atoms with Crippen LogP contribution < -0.4 is 21.1 Å². The lowest BCUT2D eigenvalue weighted by Gasteiger charge is -2.31. The molecule has 2 aromatic heterocycles. The number of nitrogens with zero attached hydrogens (tertiary/aromatic N) is 4. The molecule has 1 aliphatic rings. The lowest BCUT2D eigenvalue weighted by atomic mass is 9.97. The zero-order valence-corrected chi connectivity index (χ0v) is 20.6. The van der Waals surface area contributed by atoms with Crippen LogP contribution in [0.25, 0.3) is 10.3 Å². The Morgan fingerprint density at radius 1 is 1.21 bits per heavy atom. The van der Waals surface area contributed by atoms with Crippen molar-refractivity contribution in [2.75, 3.05) is 29.9 Å². The van der Waals surface area contributed by atoms with Gasteiger partial charge >= 0.3 is 0 Å². The Morgan fingerprint density at radius 2 is 1.97 bits per heavy atom. The van der Waals surface area contributed by atoms with Crippen LogP contribution in [0.4, 0.5) is 10.8 Å². The Balaban J connectivity index is 1.48. The summed E-state index contributed by atoms with van der Waals surface area (Å²) in [4.78, 5) is 48.9. The first-order chi connectivity index (χ1) is 16.3. The number of hydrogen-bond acceptors (Lipinski definition) is 7. The standard InChI is InChI=1S/C24H30N6O3S/c1-4-7-25-22(32)17-6-5-8-29(12-17)24-28-21-20(34-24)23(33)30(14-26-21)13-19(31)27-18-10-15(2)9-16(3)11-18/h9-11,14,17H,4-8,12-13H2,1-3H3,(H,25,32)(H,27,31). The van der Waals surface area contributed by atoms with E-state index in [2.05, 4.69) is 25.5 Å².